The second kappa shape index (κ2) is 16.8. The van der Waals surface area contributed by atoms with Crippen molar-refractivity contribution in [3.8, 4) is 0 Å². The second-order valence-corrected chi connectivity index (χ2v) is 11.3. The Morgan fingerprint density at radius 1 is 0.824 bits per heavy atom. The van der Waals surface area contributed by atoms with Crippen molar-refractivity contribution < 1.29 is 45.0 Å². The summed E-state index contributed by atoms with van der Waals surface area (Å²) >= 11 is 0. The fourth-order valence-electron chi connectivity index (χ4n) is 3.16. The molecule has 1 saturated carbocycles. The molecule has 0 radical (unpaired) electrons. The van der Waals surface area contributed by atoms with E-state index in [9.17, 15) is 26.4 Å². The molecule has 0 spiro atoms. The van der Waals surface area contributed by atoms with Crippen LogP contribution >= 0.6 is 0 Å². The molecule has 0 aliphatic heterocycles. The number of unbranched alkanes of at least 4 members (excludes halogenated alkanes) is 3. The predicted molar refractivity (Wildman–Crippen MR) is 128 cm³/mol. The molecule has 34 heavy (non-hydrogen) atoms. The summed E-state index contributed by atoms with van der Waals surface area (Å²) in [5, 5.41) is 0. The molecule has 2 N–H and O–H groups in total. The first kappa shape index (κ1) is 32.2. The number of carbonyl (C=O) groups is 2. The van der Waals surface area contributed by atoms with Gasteiger partial charge in [-0.2, -0.15) is 16.8 Å². The molecule has 0 unspecified atom stereocenters. The van der Waals surface area contributed by atoms with Gasteiger partial charge in [0.05, 0.1) is 0 Å². The Balaban J connectivity index is 0.000000641. The van der Waals surface area contributed by atoms with Gasteiger partial charge in [-0.15, -0.1) is 0 Å². The summed E-state index contributed by atoms with van der Waals surface area (Å²) in [4.78, 5) is 22.8. The van der Waals surface area contributed by atoms with Crippen LogP contribution in [0, 0.1) is 5.92 Å². The number of ether oxygens (including phenoxy) is 2. The summed E-state index contributed by atoms with van der Waals surface area (Å²) in [7, 11) is -8.15. The van der Waals surface area contributed by atoms with E-state index in [0.29, 0.717) is 17.6 Å². The van der Waals surface area contributed by atoms with Gasteiger partial charge in [0.15, 0.2) is 0 Å². The molecule has 0 aromatic heterocycles. The van der Waals surface area contributed by atoms with Gasteiger partial charge in [0, 0.05) is 11.1 Å². The van der Waals surface area contributed by atoms with Gasteiger partial charge < -0.3 is 9.47 Å². The van der Waals surface area contributed by atoms with Crippen LogP contribution in [0.3, 0.4) is 0 Å². The molecule has 0 amide bonds. The maximum atomic E-state index is 11.5. The lowest BCUT2D eigenvalue weighted by Crippen LogP contribution is -2.20. The summed E-state index contributed by atoms with van der Waals surface area (Å²) < 4.78 is 67.9. The zero-order valence-corrected chi connectivity index (χ0v) is 21.5. The number of hydrogen-bond donors (Lipinski definition) is 2. The highest BCUT2D eigenvalue weighted by Crippen LogP contribution is 2.29. The summed E-state index contributed by atoms with van der Waals surface area (Å²) in [6.45, 7) is 8.71. The van der Waals surface area contributed by atoms with Gasteiger partial charge in [0.2, 0.25) is 0 Å². The second-order valence-electron chi connectivity index (χ2n) is 8.12. The number of hydrogen-bond acceptors (Lipinski definition) is 8. The Labute approximate surface area is 203 Å². The van der Waals surface area contributed by atoms with Crippen LogP contribution < -0.4 is 0 Å². The molecular formula is C22H38O10S2. The normalized spacial score (nSPS) is 14.4. The van der Waals surface area contributed by atoms with Gasteiger partial charge in [-0.1, -0.05) is 58.6 Å². The van der Waals surface area contributed by atoms with Crippen LogP contribution in [-0.4, -0.2) is 62.6 Å². The van der Waals surface area contributed by atoms with Gasteiger partial charge in [-0.05, 0) is 31.6 Å². The minimum Gasteiger partial charge on any atom is -0.461 e. The first-order valence-electron chi connectivity index (χ1n) is 11.4. The highest BCUT2D eigenvalue weighted by molar-refractivity contribution is 7.86. The highest BCUT2D eigenvalue weighted by atomic mass is 32.2. The fourth-order valence-corrected chi connectivity index (χ4v) is 3.75. The Kier molecular flexibility index (Phi) is 15.9. The Morgan fingerprint density at radius 2 is 1.32 bits per heavy atom. The van der Waals surface area contributed by atoms with Crippen LogP contribution in [0.15, 0.2) is 24.3 Å². The first-order valence-corrected chi connectivity index (χ1v) is 14.6. The minimum atomic E-state index is -4.08. The summed E-state index contributed by atoms with van der Waals surface area (Å²) in [6.07, 6.45) is 9.93. The van der Waals surface area contributed by atoms with Crippen LogP contribution in [-0.2, 0) is 39.3 Å². The third-order valence-corrected chi connectivity index (χ3v) is 6.49. The van der Waals surface area contributed by atoms with Crippen LogP contribution in [0.2, 0.25) is 0 Å². The molecule has 0 saturated heterocycles. The monoisotopic (exact) mass is 526 g/mol. The number of rotatable bonds is 14. The highest BCUT2D eigenvalue weighted by Gasteiger charge is 2.22. The summed E-state index contributed by atoms with van der Waals surface area (Å²) in [5.41, 5.74) is 0.761. The summed E-state index contributed by atoms with van der Waals surface area (Å²) in [5.74, 6) is -2.15. The van der Waals surface area contributed by atoms with Crippen molar-refractivity contribution >= 4 is 32.2 Å². The Hall–Kier alpha value is -1.76. The van der Waals surface area contributed by atoms with E-state index < -0.39 is 43.7 Å². The van der Waals surface area contributed by atoms with Gasteiger partial charge in [-0.3, -0.25) is 9.11 Å². The van der Waals surface area contributed by atoms with Crippen LogP contribution in [0.1, 0.15) is 71.1 Å². The lowest BCUT2D eigenvalue weighted by Gasteiger charge is -2.22. The first-order chi connectivity index (χ1) is 15.8. The van der Waals surface area contributed by atoms with Crippen LogP contribution in [0.4, 0.5) is 0 Å². The van der Waals surface area contributed by atoms with Crippen molar-refractivity contribution in [2.75, 3.05) is 24.7 Å². The van der Waals surface area contributed by atoms with Crippen LogP contribution in [0.25, 0.3) is 0 Å². The molecule has 12 heteroatoms. The van der Waals surface area contributed by atoms with Crippen molar-refractivity contribution in [1.82, 2.24) is 0 Å². The summed E-state index contributed by atoms with van der Waals surface area (Å²) in [6, 6.07) is 0. The van der Waals surface area contributed by atoms with E-state index in [-0.39, 0.29) is 19.1 Å². The van der Waals surface area contributed by atoms with Crippen molar-refractivity contribution in [2.45, 2.75) is 71.1 Å². The minimum absolute atomic E-state index is 0.155. The average molecular weight is 527 g/mol. The molecule has 1 rings (SSSR count). The maximum absolute atomic E-state index is 11.5. The molecule has 10 nitrogen and oxygen atoms in total. The van der Waals surface area contributed by atoms with Crippen molar-refractivity contribution in [2.24, 2.45) is 5.92 Å². The van der Waals surface area contributed by atoms with Gasteiger partial charge in [0.1, 0.15) is 24.7 Å². The van der Waals surface area contributed by atoms with Crippen molar-refractivity contribution in [3.05, 3.63) is 24.3 Å². The molecule has 0 heterocycles. The smallest absolute Gasteiger partial charge is 0.333 e. The molecule has 198 valence electrons. The molecule has 0 atom stereocenters. The van der Waals surface area contributed by atoms with Crippen molar-refractivity contribution in [1.29, 1.82) is 0 Å². The van der Waals surface area contributed by atoms with Crippen LogP contribution in [0.5, 0.6) is 0 Å². The molecule has 1 aliphatic carbocycles. The number of carbonyl (C=O) groups excluding carboxylic acids is 2. The Morgan fingerprint density at radius 3 is 1.79 bits per heavy atom. The molecule has 0 aromatic rings. The van der Waals surface area contributed by atoms with E-state index in [1.165, 1.54) is 6.42 Å². The molecule has 0 bridgehead atoms. The molecule has 1 fully saturated rings. The topological polar surface area (TPSA) is 161 Å². The molecule has 1 aliphatic rings. The predicted octanol–water partition coefficient (Wildman–Crippen LogP) is 3.50. The van der Waals surface area contributed by atoms with Gasteiger partial charge in [-0.25, -0.2) is 9.59 Å². The maximum Gasteiger partial charge on any atom is 0.333 e. The zero-order valence-electron chi connectivity index (χ0n) is 19.9. The SMILES string of the molecule is C=C(C(=O)OCCS(=O)(=O)O)C1CCCCC1.C=C(CCCCCC)C(=O)OCCS(=O)(=O)O. The van der Waals surface area contributed by atoms with Gasteiger partial charge >= 0.3 is 11.9 Å². The standard InChI is InChI=1S/C11H18O5S.C11H20O5S/c1-9(10-5-3-2-4-6-10)11(12)16-7-8-17(13,14)15;1-3-4-5-6-7-10(2)11(12)16-8-9-17(13,14)15/h10H,1-8H2,(H,13,14,15);2-9H2,1H3,(H,13,14,15). The van der Waals surface area contributed by atoms with Crippen molar-refractivity contribution in [3.63, 3.8) is 0 Å². The quantitative estimate of drug-likeness (QED) is 0.148. The van der Waals surface area contributed by atoms with Gasteiger partial charge in [0.25, 0.3) is 20.2 Å². The Bertz CT molecular complexity index is 869. The molecular weight excluding hydrogens is 488 g/mol. The van der Waals surface area contributed by atoms with E-state index in [0.717, 1.165) is 51.4 Å². The largest absolute Gasteiger partial charge is 0.461 e. The van der Waals surface area contributed by atoms with E-state index >= 15 is 0 Å². The molecule has 0 aromatic carbocycles. The average Bonchev–Trinajstić information content (AvgIpc) is 2.75. The lowest BCUT2D eigenvalue weighted by atomic mass is 9.84. The van der Waals surface area contributed by atoms with E-state index in [4.69, 9.17) is 13.8 Å². The number of esters is 2. The zero-order chi connectivity index (χ0) is 26.2. The fraction of sp³-hybridized carbons (Fsp3) is 0.727. The lowest BCUT2D eigenvalue weighted by molar-refractivity contribution is -0.139. The van der Waals surface area contributed by atoms with E-state index in [2.05, 4.69) is 24.8 Å². The van der Waals surface area contributed by atoms with E-state index in [1.807, 2.05) is 0 Å². The van der Waals surface area contributed by atoms with E-state index in [1.54, 1.807) is 0 Å². The third-order valence-electron chi connectivity index (χ3n) is 5.13. The third kappa shape index (κ3) is 17.7.